The average molecular weight is 315 g/mol. The predicted molar refractivity (Wildman–Crippen MR) is 84.4 cm³/mol. The Hall–Kier alpha value is -2.89. The summed E-state index contributed by atoms with van der Waals surface area (Å²) in [6.07, 6.45) is -1.52. The molecule has 0 bridgehead atoms. The van der Waals surface area contributed by atoms with E-state index in [0.717, 1.165) is 11.6 Å². The number of hydrogen-bond donors (Lipinski definition) is 1. The van der Waals surface area contributed by atoms with Crippen molar-refractivity contribution in [1.82, 2.24) is 4.98 Å². The quantitative estimate of drug-likeness (QED) is 0.562. The van der Waals surface area contributed by atoms with E-state index >= 15 is 0 Å². The van der Waals surface area contributed by atoms with Crippen LogP contribution in [0.4, 0.5) is 18.9 Å². The molecule has 3 aromatic rings. The smallest absolute Gasteiger partial charge is 0.278 e. The number of benzene rings is 2. The number of halogens is 3. The van der Waals surface area contributed by atoms with Gasteiger partial charge in [-0.1, -0.05) is 42.5 Å². The van der Waals surface area contributed by atoms with Crippen molar-refractivity contribution in [2.45, 2.75) is 6.18 Å². The molecular weight excluding hydrogens is 303 g/mol. The standard InChI is InChI=1S/C17H12F3N3/c18-17(19,20)14-8-4-7-13-15(9-10-21-16(13)14)23-22-11-12-5-2-1-3-6-12/h1-11H,(H,21,23)/b22-11+. The number of rotatable bonds is 3. The van der Waals surface area contributed by atoms with Gasteiger partial charge in [0.05, 0.1) is 23.0 Å². The molecule has 0 fully saturated rings. The Labute approximate surface area is 130 Å². The van der Waals surface area contributed by atoms with Gasteiger partial charge in [-0.05, 0) is 17.7 Å². The number of alkyl halides is 3. The topological polar surface area (TPSA) is 37.3 Å². The normalized spacial score (nSPS) is 12.0. The molecule has 0 amide bonds. The molecule has 0 aliphatic carbocycles. The number of anilines is 1. The largest absolute Gasteiger partial charge is 0.418 e. The Morgan fingerprint density at radius 1 is 0.957 bits per heavy atom. The molecule has 0 aliphatic rings. The van der Waals surface area contributed by atoms with Gasteiger partial charge >= 0.3 is 6.18 Å². The van der Waals surface area contributed by atoms with Gasteiger partial charge < -0.3 is 0 Å². The van der Waals surface area contributed by atoms with Crippen LogP contribution in [0.15, 0.2) is 65.9 Å². The van der Waals surface area contributed by atoms with Gasteiger partial charge in [0.2, 0.25) is 0 Å². The fraction of sp³-hybridized carbons (Fsp3) is 0.0588. The first-order valence-corrected chi connectivity index (χ1v) is 6.85. The van der Waals surface area contributed by atoms with Crippen molar-refractivity contribution < 1.29 is 13.2 Å². The number of nitrogens with one attached hydrogen (secondary N) is 1. The van der Waals surface area contributed by atoms with Crippen LogP contribution < -0.4 is 5.43 Å². The van der Waals surface area contributed by atoms with Gasteiger partial charge in [-0.3, -0.25) is 10.4 Å². The molecule has 0 radical (unpaired) electrons. The van der Waals surface area contributed by atoms with E-state index in [0.29, 0.717) is 11.1 Å². The minimum atomic E-state index is -4.45. The molecule has 1 heterocycles. The maximum atomic E-state index is 13.0. The molecule has 0 spiro atoms. The summed E-state index contributed by atoms with van der Waals surface area (Å²) < 4.78 is 39.1. The van der Waals surface area contributed by atoms with Gasteiger partial charge in [0.25, 0.3) is 0 Å². The van der Waals surface area contributed by atoms with Crippen LogP contribution in [0.25, 0.3) is 10.9 Å². The minimum absolute atomic E-state index is 0.0973. The summed E-state index contributed by atoms with van der Waals surface area (Å²) in [4.78, 5) is 3.86. The van der Waals surface area contributed by atoms with E-state index in [1.807, 2.05) is 30.3 Å². The first-order valence-electron chi connectivity index (χ1n) is 6.85. The summed E-state index contributed by atoms with van der Waals surface area (Å²) in [5, 5.41) is 4.44. The van der Waals surface area contributed by atoms with Crippen LogP contribution in [-0.4, -0.2) is 11.2 Å². The Balaban J connectivity index is 1.95. The molecular formula is C17H12F3N3. The van der Waals surface area contributed by atoms with Crippen LogP contribution in [0.3, 0.4) is 0 Å². The van der Waals surface area contributed by atoms with Crippen molar-refractivity contribution in [1.29, 1.82) is 0 Å². The highest BCUT2D eigenvalue weighted by Crippen LogP contribution is 2.35. The van der Waals surface area contributed by atoms with Crippen molar-refractivity contribution in [3.8, 4) is 0 Å². The van der Waals surface area contributed by atoms with Gasteiger partial charge in [-0.15, -0.1) is 0 Å². The van der Waals surface area contributed by atoms with Gasteiger partial charge in [0.15, 0.2) is 0 Å². The zero-order chi connectivity index (χ0) is 16.3. The van der Waals surface area contributed by atoms with Crippen LogP contribution >= 0.6 is 0 Å². The second-order valence-corrected chi connectivity index (χ2v) is 4.84. The zero-order valence-corrected chi connectivity index (χ0v) is 11.9. The van der Waals surface area contributed by atoms with Crippen LogP contribution in [0.5, 0.6) is 0 Å². The fourth-order valence-corrected chi connectivity index (χ4v) is 2.22. The molecule has 0 atom stereocenters. The number of fused-ring (bicyclic) bond motifs is 1. The lowest BCUT2D eigenvalue weighted by molar-refractivity contribution is -0.136. The van der Waals surface area contributed by atoms with E-state index in [-0.39, 0.29) is 5.52 Å². The number of hydrogen-bond acceptors (Lipinski definition) is 3. The SMILES string of the molecule is FC(F)(F)c1cccc2c(N/N=C/c3ccccc3)ccnc12. The highest BCUT2D eigenvalue weighted by molar-refractivity contribution is 5.93. The number of aromatic nitrogens is 1. The molecule has 1 aromatic heterocycles. The molecule has 3 nitrogen and oxygen atoms in total. The zero-order valence-electron chi connectivity index (χ0n) is 11.9. The summed E-state index contributed by atoms with van der Waals surface area (Å²) in [5.41, 5.74) is 3.27. The lowest BCUT2D eigenvalue weighted by Gasteiger charge is -2.11. The second kappa shape index (κ2) is 6.08. The van der Waals surface area contributed by atoms with E-state index in [1.165, 1.54) is 12.3 Å². The van der Waals surface area contributed by atoms with Crippen molar-refractivity contribution in [3.05, 3.63) is 71.9 Å². The summed E-state index contributed by atoms with van der Waals surface area (Å²) in [6.45, 7) is 0. The Kier molecular flexibility index (Phi) is 3.97. The minimum Gasteiger partial charge on any atom is -0.278 e. The van der Waals surface area contributed by atoms with Crippen LogP contribution in [0.2, 0.25) is 0 Å². The maximum absolute atomic E-state index is 13.0. The predicted octanol–water partition coefficient (Wildman–Crippen LogP) is 4.70. The number of para-hydroxylation sites is 1. The van der Waals surface area contributed by atoms with Gasteiger partial charge in [-0.25, -0.2) is 0 Å². The highest BCUT2D eigenvalue weighted by atomic mass is 19.4. The molecule has 0 saturated carbocycles. The maximum Gasteiger partial charge on any atom is 0.418 e. The Bertz CT molecular complexity index is 843. The number of pyridine rings is 1. The van der Waals surface area contributed by atoms with E-state index in [2.05, 4.69) is 15.5 Å². The van der Waals surface area contributed by atoms with Crippen molar-refractivity contribution in [2.24, 2.45) is 5.10 Å². The molecule has 0 aliphatic heterocycles. The van der Waals surface area contributed by atoms with Crippen molar-refractivity contribution in [2.75, 3.05) is 5.43 Å². The third-order valence-corrected chi connectivity index (χ3v) is 3.27. The molecule has 1 N–H and O–H groups in total. The fourth-order valence-electron chi connectivity index (χ4n) is 2.22. The molecule has 2 aromatic carbocycles. The molecule has 23 heavy (non-hydrogen) atoms. The summed E-state index contributed by atoms with van der Waals surface area (Å²) in [5.74, 6) is 0. The molecule has 6 heteroatoms. The Morgan fingerprint density at radius 3 is 2.48 bits per heavy atom. The van der Waals surface area contributed by atoms with E-state index in [4.69, 9.17) is 0 Å². The van der Waals surface area contributed by atoms with Crippen LogP contribution in [0, 0.1) is 0 Å². The highest BCUT2D eigenvalue weighted by Gasteiger charge is 2.33. The summed E-state index contributed by atoms with van der Waals surface area (Å²) in [6, 6.07) is 14.9. The molecule has 116 valence electrons. The van der Waals surface area contributed by atoms with Gasteiger partial charge in [0.1, 0.15) is 0 Å². The third-order valence-electron chi connectivity index (χ3n) is 3.27. The van der Waals surface area contributed by atoms with E-state index < -0.39 is 11.7 Å². The Morgan fingerprint density at radius 2 is 1.74 bits per heavy atom. The monoisotopic (exact) mass is 315 g/mol. The molecule has 0 saturated heterocycles. The number of hydrazone groups is 1. The number of nitrogens with zero attached hydrogens (tertiary/aromatic N) is 2. The van der Waals surface area contributed by atoms with Gasteiger partial charge in [0, 0.05) is 11.6 Å². The van der Waals surface area contributed by atoms with Crippen molar-refractivity contribution in [3.63, 3.8) is 0 Å². The van der Waals surface area contributed by atoms with Gasteiger partial charge in [-0.2, -0.15) is 18.3 Å². The molecule has 3 rings (SSSR count). The van der Waals surface area contributed by atoms with Crippen LogP contribution in [0.1, 0.15) is 11.1 Å². The third kappa shape index (κ3) is 3.31. The van der Waals surface area contributed by atoms with E-state index in [9.17, 15) is 13.2 Å². The first-order chi connectivity index (χ1) is 11.1. The summed E-state index contributed by atoms with van der Waals surface area (Å²) >= 11 is 0. The van der Waals surface area contributed by atoms with E-state index in [1.54, 1.807) is 18.3 Å². The molecule has 0 unspecified atom stereocenters. The second-order valence-electron chi connectivity index (χ2n) is 4.84. The van der Waals surface area contributed by atoms with Crippen molar-refractivity contribution >= 4 is 22.8 Å². The van der Waals surface area contributed by atoms with Crippen LogP contribution in [-0.2, 0) is 6.18 Å². The lowest BCUT2D eigenvalue weighted by atomic mass is 10.1. The average Bonchev–Trinajstić information content (AvgIpc) is 2.54. The lowest BCUT2D eigenvalue weighted by Crippen LogP contribution is -2.06. The summed E-state index contributed by atoms with van der Waals surface area (Å²) in [7, 11) is 0. The first kappa shape index (κ1) is 15.0.